The molecule has 1 N–H and O–H groups in total. The Hall–Kier alpha value is -1.91. The average Bonchev–Trinajstić information content (AvgIpc) is 3.07. The van der Waals surface area contributed by atoms with Gasteiger partial charge in [-0.05, 0) is 31.9 Å². The van der Waals surface area contributed by atoms with Gasteiger partial charge in [-0.3, -0.25) is 0 Å². The minimum absolute atomic E-state index is 0.0167. The van der Waals surface area contributed by atoms with E-state index in [1.54, 1.807) is 0 Å². The number of aromatic carboxylic acids is 1. The first kappa shape index (κ1) is 10.3. The van der Waals surface area contributed by atoms with E-state index >= 15 is 0 Å². The Morgan fingerprint density at radius 2 is 2.24 bits per heavy atom. The van der Waals surface area contributed by atoms with Crippen molar-refractivity contribution in [2.24, 2.45) is 0 Å². The van der Waals surface area contributed by atoms with Gasteiger partial charge in [-0.2, -0.15) is 0 Å². The number of fused-ring (bicyclic) bond motifs is 2. The molecule has 5 nitrogen and oxygen atoms in total. The molecular formula is C12H11NO4. The highest BCUT2D eigenvalue weighted by Crippen LogP contribution is 2.54. The highest BCUT2D eigenvalue weighted by atomic mass is 16.5. The van der Waals surface area contributed by atoms with Gasteiger partial charge in [0.15, 0.2) is 0 Å². The second kappa shape index (κ2) is 3.06. The van der Waals surface area contributed by atoms with Crippen LogP contribution in [0.15, 0.2) is 12.1 Å². The number of carboxylic acids is 1. The van der Waals surface area contributed by atoms with Crippen molar-refractivity contribution in [1.82, 2.24) is 4.98 Å². The molecule has 1 spiro atoms. The Bertz CT molecular complexity index is 533. The van der Waals surface area contributed by atoms with Gasteiger partial charge in [0.1, 0.15) is 11.8 Å². The lowest BCUT2D eigenvalue weighted by atomic mass is 9.89. The van der Waals surface area contributed by atoms with Crippen LogP contribution in [-0.2, 0) is 10.2 Å². The smallest absolute Gasteiger partial charge is 0.354 e. The van der Waals surface area contributed by atoms with E-state index in [2.05, 4.69) is 4.98 Å². The Balaban J connectivity index is 2.19. The van der Waals surface area contributed by atoms with E-state index in [4.69, 9.17) is 9.84 Å². The van der Waals surface area contributed by atoms with Crippen LogP contribution in [0.25, 0.3) is 0 Å². The van der Waals surface area contributed by atoms with Crippen LogP contribution < -0.4 is 0 Å². The zero-order valence-electron chi connectivity index (χ0n) is 9.27. The van der Waals surface area contributed by atoms with Gasteiger partial charge in [0, 0.05) is 0 Å². The summed E-state index contributed by atoms with van der Waals surface area (Å²) in [5.41, 5.74) is 0.748. The summed E-state index contributed by atoms with van der Waals surface area (Å²) in [7, 11) is 0. The number of esters is 1. The first-order valence-electron chi connectivity index (χ1n) is 5.50. The predicted molar refractivity (Wildman–Crippen MR) is 57.0 cm³/mol. The van der Waals surface area contributed by atoms with Gasteiger partial charge in [-0.15, -0.1) is 0 Å². The molecule has 5 heteroatoms. The predicted octanol–water partition coefficient (Wildman–Crippen LogP) is 1.37. The van der Waals surface area contributed by atoms with Crippen LogP contribution in [0.5, 0.6) is 0 Å². The summed E-state index contributed by atoms with van der Waals surface area (Å²) in [6, 6.07) is 2.84. The summed E-state index contributed by atoms with van der Waals surface area (Å²) in [5.74, 6) is -1.48. The largest absolute Gasteiger partial charge is 0.477 e. The van der Waals surface area contributed by atoms with Crippen LogP contribution in [-0.4, -0.2) is 28.1 Å². The summed E-state index contributed by atoms with van der Waals surface area (Å²) in [6.45, 7) is 1.84. The molecule has 1 aliphatic heterocycles. The molecule has 3 rings (SSSR count). The molecule has 88 valence electrons. The maximum absolute atomic E-state index is 11.7. The molecule has 0 aromatic carbocycles. The Morgan fingerprint density at radius 1 is 1.53 bits per heavy atom. The second-order valence-electron chi connectivity index (χ2n) is 4.60. The standard InChI is InChI=1S/C12H11NO4/c1-6-12(4-5-12)9-7(11(16)17-6)2-3-8(13-9)10(14)15/h2-3,6H,4-5H2,1H3,(H,14,15). The number of rotatable bonds is 1. The molecule has 0 saturated heterocycles. The lowest BCUT2D eigenvalue weighted by Gasteiger charge is -2.29. The fourth-order valence-corrected chi connectivity index (χ4v) is 2.43. The van der Waals surface area contributed by atoms with Crippen molar-refractivity contribution < 1.29 is 19.4 Å². The summed E-state index contributed by atoms with van der Waals surface area (Å²) in [4.78, 5) is 26.7. The van der Waals surface area contributed by atoms with Gasteiger partial charge in [0.2, 0.25) is 0 Å². The monoisotopic (exact) mass is 233 g/mol. The number of hydrogen-bond acceptors (Lipinski definition) is 4. The number of carbonyl (C=O) groups is 2. The van der Waals surface area contributed by atoms with Crippen LogP contribution >= 0.6 is 0 Å². The van der Waals surface area contributed by atoms with E-state index < -0.39 is 11.9 Å². The van der Waals surface area contributed by atoms with E-state index in [1.807, 2.05) is 6.92 Å². The third-order valence-corrected chi connectivity index (χ3v) is 3.66. The van der Waals surface area contributed by atoms with E-state index in [0.717, 1.165) is 12.8 Å². The lowest BCUT2D eigenvalue weighted by molar-refractivity contribution is 0.0181. The van der Waals surface area contributed by atoms with Crippen molar-refractivity contribution in [2.45, 2.75) is 31.3 Å². The summed E-state index contributed by atoms with van der Waals surface area (Å²) >= 11 is 0. The molecule has 1 saturated carbocycles. The number of cyclic esters (lactones) is 1. The fraction of sp³-hybridized carbons (Fsp3) is 0.417. The van der Waals surface area contributed by atoms with Crippen molar-refractivity contribution in [2.75, 3.05) is 0 Å². The van der Waals surface area contributed by atoms with Gasteiger partial charge in [-0.25, -0.2) is 14.6 Å². The summed E-state index contributed by atoms with van der Waals surface area (Å²) < 4.78 is 5.26. The highest BCUT2D eigenvalue weighted by Gasteiger charge is 2.56. The Kier molecular flexibility index (Phi) is 1.85. The van der Waals surface area contributed by atoms with Crippen LogP contribution in [0.3, 0.4) is 0 Å². The summed E-state index contributed by atoms with van der Waals surface area (Å²) in [5, 5.41) is 8.93. The van der Waals surface area contributed by atoms with E-state index in [0.29, 0.717) is 11.3 Å². The van der Waals surface area contributed by atoms with Crippen LogP contribution in [0.2, 0.25) is 0 Å². The average molecular weight is 233 g/mol. The molecule has 0 radical (unpaired) electrons. The highest BCUT2D eigenvalue weighted by molar-refractivity contribution is 5.94. The van der Waals surface area contributed by atoms with Gasteiger partial charge >= 0.3 is 11.9 Å². The number of ether oxygens (including phenoxy) is 1. The molecule has 1 aliphatic carbocycles. The maximum Gasteiger partial charge on any atom is 0.354 e. The molecule has 17 heavy (non-hydrogen) atoms. The number of hydrogen-bond donors (Lipinski definition) is 1. The number of pyridine rings is 1. The number of carbonyl (C=O) groups excluding carboxylic acids is 1. The van der Waals surface area contributed by atoms with Gasteiger partial charge in [0.25, 0.3) is 0 Å². The Labute approximate surface area is 97.4 Å². The van der Waals surface area contributed by atoms with Crippen LogP contribution in [0, 0.1) is 0 Å². The fourth-order valence-electron chi connectivity index (χ4n) is 2.43. The molecule has 1 fully saturated rings. The van der Waals surface area contributed by atoms with E-state index in [9.17, 15) is 9.59 Å². The number of nitrogens with zero attached hydrogens (tertiary/aromatic N) is 1. The maximum atomic E-state index is 11.7. The molecule has 1 unspecified atom stereocenters. The van der Waals surface area contributed by atoms with Crippen molar-refractivity contribution in [3.63, 3.8) is 0 Å². The normalized spacial score (nSPS) is 24.1. The van der Waals surface area contributed by atoms with Gasteiger partial charge in [-0.1, -0.05) is 0 Å². The quantitative estimate of drug-likeness (QED) is 0.741. The number of carboxylic acid groups (broad SMARTS) is 1. The molecule has 1 aromatic rings. The third-order valence-electron chi connectivity index (χ3n) is 3.66. The lowest BCUT2D eigenvalue weighted by Crippen LogP contribution is -2.37. The zero-order chi connectivity index (χ0) is 12.2. The molecular weight excluding hydrogens is 222 g/mol. The van der Waals surface area contributed by atoms with Crippen molar-refractivity contribution in [1.29, 1.82) is 0 Å². The van der Waals surface area contributed by atoms with Crippen molar-refractivity contribution >= 4 is 11.9 Å². The summed E-state index contributed by atoms with van der Waals surface area (Å²) in [6.07, 6.45) is 1.56. The molecule has 0 bridgehead atoms. The molecule has 0 amide bonds. The van der Waals surface area contributed by atoms with E-state index in [1.165, 1.54) is 12.1 Å². The van der Waals surface area contributed by atoms with Gasteiger partial charge < -0.3 is 9.84 Å². The first-order valence-corrected chi connectivity index (χ1v) is 5.50. The van der Waals surface area contributed by atoms with Crippen LogP contribution in [0.4, 0.5) is 0 Å². The molecule has 1 aromatic heterocycles. The molecule has 2 heterocycles. The van der Waals surface area contributed by atoms with Gasteiger partial charge in [0.05, 0.1) is 16.7 Å². The molecule has 1 atom stereocenters. The van der Waals surface area contributed by atoms with Crippen molar-refractivity contribution in [3.05, 3.63) is 29.1 Å². The minimum Gasteiger partial charge on any atom is -0.477 e. The topological polar surface area (TPSA) is 76.5 Å². The molecule has 2 aliphatic rings. The Morgan fingerprint density at radius 3 is 2.82 bits per heavy atom. The number of aromatic nitrogens is 1. The van der Waals surface area contributed by atoms with E-state index in [-0.39, 0.29) is 17.2 Å². The third kappa shape index (κ3) is 1.28. The SMILES string of the molecule is CC1OC(=O)c2ccc(C(=O)O)nc2C12CC2. The van der Waals surface area contributed by atoms with Crippen molar-refractivity contribution in [3.8, 4) is 0 Å². The first-order chi connectivity index (χ1) is 8.04. The van der Waals surface area contributed by atoms with Crippen LogP contribution in [0.1, 0.15) is 46.3 Å². The minimum atomic E-state index is -1.07. The second-order valence-corrected chi connectivity index (χ2v) is 4.60. The zero-order valence-corrected chi connectivity index (χ0v) is 9.27.